The van der Waals surface area contributed by atoms with Crippen LogP contribution in [0.5, 0.6) is 0 Å². The van der Waals surface area contributed by atoms with Gasteiger partial charge in [0.05, 0.1) is 11.7 Å². The van der Waals surface area contributed by atoms with E-state index in [1.807, 2.05) is 24.0 Å². The predicted molar refractivity (Wildman–Crippen MR) is 99.7 cm³/mol. The molecule has 0 bridgehead atoms. The lowest BCUT2D eigenvalue weighted by atomic mass is 9.95. The molecule has 118 valence electrons. The molecule has 1 saturated heterocycles. The highest BCUT2D eigenvalue weighted by Crippen LogP contribution is 2.48. The van der Waals surface area contributed by atoms with E-state index in [-0.39, 0.29) is 12.1 Å². The number of hydrogen-bond donors (Lipinski definition) is 0. The summed E-state index contributed by atoms with van der Waals surface area (Å²) in [7, 11) is 0. The van der Waals surface area contributed by atoms with Crippen LogP contribution >= 0.6 is 27.7 Å². The Morgan fingerprint density at radius 3 is 2.74 bits per heavy atom. The number of benzene rings is 1. The third kappa shape index (κ3) is 2.70. The zero-order chi connectivity index (χ0) is 15.8. The minimum atomic E-state index is 0.0780. The number of hydrogen-bond acceptors (Lipinski definition) is 4. The number of fused-ring (bicyclic) bond motifs is 1. The summed E-state index contributed by atoms with van der Waals surface area (Å²) < 4.78 is 1.11. The largest absolute Gasteiger partial charge is 0.338 e. The van der Waals surface area contributed by atoms with Crippen molar-refractivity contribution in [3.8, 4) is 0 Å². The summed E-state index contributed by atoms with van der Waals surface area (Å²) in [5.41, 5.74) is 2.36. The van der Waals surface area contributed by atoms with Gasteiger partial charge in [-0.2, -0.15) is 0 Å². The molecule has 0 amide bonds. The van der Waals surface area contributed by atoms with Crippen LogP contribution in [0.4, 0.5) is 0 Å². The van der Waals surface area contributed by atoms with Crippen molar-refractivity contribution in [2.45, 2.75) is 31.5 Å². The Morgan fingerprint density at radius 2 is 2.04 bits per heavy atom. The van der Waals surface area contributed by atoms with Gasteiger partial charge in [-0.15, -0.1) is 0 Å². The maximum Gasteiger partial charge on any atom is 0.160 e. The summed E-state index contributed by atoms with van der Waals surface area (Å²) in [5, 5.41) is 1.18. The molecule has 0 aliphatic carbocycles. The molecule has 0 radical (unpaired) electrons. The van der Waals surface area contributed by atoms with Gasteiger partial charge in [0.15, 0.2) is 5.17 Å². The van der Waals surface area contributed by atoms with Gasteiger partial charge in [0, 0.05) is 22.5 Å². The monoisotopic (exact) mass is 387 g/mol. The molecule has 0 spiro atoms. The van der Waals surface area contributed by atoms with E-state index < -0.39 is 0 Å². The number of pyridine rings is 1. The summed E-state index contributed by atoms with van der Waals surface area (Å²) in [5.74, 6) is 1.14. The zero-order valence-electron chi connectivity index (χ0n) is 12.9. The first-order valence-corrected chi connectivity index (χ1v) is 9.71. The van der Waals surface area contributed by atoms with Crippen LogP contribution in [0.15, 0.2) is 58.1 Å². The van der Waals surface area contributed by atoms with Crippen LogP contribution in [-0.4, -0.2) is 26.8 Å². The second-order valence-corrected chi connectivity index (χ2v) is 7.79. The van der Waals surface area contributed by atoms with Crippen molar-refractivity contribution in [3.63, 3.8) is 0 Å². The maximum atomic E-state index is 5.03. The molecule has 1 aromatic carbocycles. The fraction of sp³-hybridized carbons (Fsp3) is 0.333. The molecular weight excluding hydrogens is 370 g/mol. The van der Waals surface area contributed by atoms with Crippen LogP contribution in [0.1, 0.15) is 36.7 Å². The fourth-order valence-corrected chi connectivity index (χ4v) is 4.97. The molecule has 1 aromatic heterocycles. The smallest absolute Gasteiger partial charge is 0.160 e. The number of thioether (sulfide) groups is 1. The van der Waals surface area contributed by atoms with Gasteiger partial charge in [-0.3, -0.25) is 9.98 Å². The third-order valence-corrected chi connectivity index (χ3v) is 6.20. The Balaban J connectivity index is 1.78. The van der Waals surface area contributed by atoms with Gasteiger partial charge in [-0.25, -0.2) is 0 Å². The molecule has 4 rings (SSSR count). The maximum absolute atomic E-state index is 5.03. The van der Waals surface area contributed by atoms with E-state index in [0.717, 1.165) is 22.3 Å². The van der Waals surface area contributed by atoms with Crippen molar-refractivity contribution in [2.75, 3.05) is 5.75 Å². The van der Waals surface area contributed by atoms with Crippen molar-refractivity contribution in [1.29, 1.82) is 0 Å². The van der Waals surface area contributed by atoms with E-state index in [1.165, 1.54) is 10.7 Å². The van der Waals surface area contributed by atoms with Gasteiger partial charge in [0.1, 0.15) is 6.04 Å². The molecule has 2 aliphatic rings. The van der Waals surface area contributed by atoms with Crippen LogP contribution in [-0.2, 0) is 0 Å². The highest BCUT2D eigenvalue weighted by Gasteiger charge is 2.45. The third-order valence-electron chi connectivity index (χ3n) is 4.54. The van der Waals surface area contributed by atoms with Gasteiger partial charge >= 0.3 is 0 Å². The molecule has 0 N–H and O–H groups in total. The standard InChI is InChI=1S/C18H18BrN3S/c1-2-14-11-23-18-21-16(15-5-3-4-10-20-15)17(22(14)18)12-6-8-13(19)9-7-12/h3-10,14,16-17H,2,11H2,1H3. The predicted octanol–water partition coefficient (Wildman–Crippen LogP) is 4.82. The van der Waals surface area contributed by atoms with Gasteiger partial charge in [0.2, 0.25) is 0 Å². The highest BCUT2D eigenvalue weighted by atomic mass is 79.9. The van der Waals surface area contributed by atoms with Crippen molar-refractivity contribution in [3.05, 3.63) is 64.4 Å². The van der Waals surface area contributed by atoms with Crippen LogP contribution in [0, 0.1) is 0 Å². The Bertz CT molecular complexity index is 717. The molecule has 3 nitrogen and oxygen atoms in total. The quantitative estimate of drug-likeness (QED) is 0.755. The second kappa shape index (κ2) is 6.29. The minimum Gasteiger partial charge on any atom is -0.338 e. The van der Waals surface area contributed by atoms with Crippen LogP contribution in [0.25, 0.3) is 0 Å². The fourth-order valence-electron chi connectivity index (χ4n) is 3.37. The Hall–Kier alpha value is -1.33. The Kier molecular flexibility index (Phi) is 4.16. The van der Waals surface area contributed by atoms with Crippen molar-refractivity contribution in [2.24, 2.45) is 4.99 Å². The summed E-state index contributed by atoms with van der Waals surface area (Å²) >= 11 is 5.42. The molecule has 23 heavy (non-hydrogen) atoms. The Morgan fingerprint density at radius 1 is 1.22 bits per heavy atom. The van der Waals surface area contributed by atoms with Crippen LogP contribution in [0.3, 0.4) is 0 Å². The molecule has 3 heterocycles. The molecule has 3 atom stereocenters. The summed E-state index contributed by atoms with van der Waals surface area (Å²) in [4.78, 5) is 12.1. The van der Waals surface area contributed by atoms with E-state index >= 15 is 0 Å². The van der Waals surface area contributed by atoms with E-state index in [1.54, 1.807) is 0 Å². The summed E-state index contributed by atoms with van der Waals surface area (Å²) in [6, 6.07) is 15.6. The SMILES string of the molecule is CCC1CSC2=NC(c3ccccn3)C(c3ccc(Br)cc3)N21. The molecule has 2 aromatic rings. The van der Waals surface area contributed by atoms with Crippen molar-refractivity contribution >= 4 is 32.9 Å². The van der Waals surface area contributed by atoms with Gasteiger partial charge in [-0.05, 0) is 36.2 Å². The lowest BCUT2D eigenvalue weighted by molar-refractivity contribution is 0.255. The molecular formula is C18H18BrN3S. The number of amidine groups is 1. The first-order chi connectivity index (χ1) is 11.3. The molecule has 1 fully saturated rings. The topological polar surface area (TPSA) is 28.5 Å². The minimum absolute atomic E-state index is 0.0780. The normalized spacial score (nSPS) is 26.3. The summed E-state index contributed by atoms with van der Waals surface area (Å²) in [6.45, 7) is 2.26. The first-order valence-electron chi connectivity index (χ1n) is 7.93. The zero-order valence-corrected chi connectivity index (χ0v) is 15.3. The number of aromatic nitrogens is 1. The van der Waals surface area contributed by atoms with Gasteiger partial charge < -0.3 is 4.90 Å². The number of rotatable bonds is 3. The Labute approximate surface area is 149 Å². The van der Waals surface area contributed by atoms with Gasteiger partial charge in [0.25, 0.3) is 0 Å². The molecule has 5 heteroatoms. The van der Waals surface area contributed by atoms with E-state index in [9.17, 15) is 0 Å². The average Bonchev–Trinajstić information content (AvgIpc) is 3.15. The van der Waals surface area contributed by atoms with Crippen molar-refractivity contribution in [1.82, 2.24) is 9.88 Å². The molecule has 2 aliphatic heterocycles. The second-order valence-electron chi connectivity index (χ2n) is 5.89. The van der Waals surface area contributed by atoms with Crippen LogP contribution in [0.2, 0.25) is 0 Å². The first kappa shape index (κ1) is 15.2. The van der Waals surface area contributed by atoms with E-state index in [2.05, 4.69) is 69.1 Å². The number of aliphatic imine (C=N–C) groups is 1. The lowest BCUT2D eigenvalue weighted by Crippen LogP contribution is -2.35. The molecule has 3 unspecified atom stereocenters. The molecule has 0 saturated carbocycles. The van der Waals surface area contributed by atoms with E-state index in [4.69, 9.17) is 4.99 Å². The van der Waals surface area contributed by atoms with Crippen molar-refractivity contribution < 1.29 is 0 Å². The van der Waals surface area contributed by atoms with E-state index in [0.29, 0.717) is 6.04 Å². The summed E-state index contributed by atoms with van der Waals surface area (Å²) in [6.07, 6.45) is 3.01. The number of halogens is 1. The lowest BCUT2D eigenvalue weighted by Gasteiger charge is -2.31. The number of nitrogens with zero attached hydrogens (tertiary/aromatic N) is 3. The highest BCUT2D eigenvalue weighted by molar-refractivity contribution is 9.10. The van der Waals surface area contributed by atoms with Gasteiger partial charge in [-0.1, -0.05) is 52.8 Å². The van der Waals surface area contributed by atoms with Crippen LogP contribution < -0.4 is 0 Å². The average molecular weight is 388 g/mol.